The zero-order valence-corrected chi connectivity index (χ0v) is 11.9. The number of rotatable bonds is 5. The molecular weight excluding hydrogens is 274 g/mol. The van der Waals surface area contributed by atoms with Crippen LogP contribution in [0.15, 0.2) is 30.3 Å². The number of hydrogen-bond acceptors (Lipinski definition) is 5. The number of hydrogen-bond donors (Lipinski definition) is 2. The number of carbonyl (C=O) groups excluding carboxylic acids is 1. The molecule has 5 nitrogen and oxygen atoms in total. The minimum atomic E-state index is -0.351. The van der Waals surface area contributed by atoms with Crippen LogP contribution in [0, 0.1) is 0 Å². The lowest BCUT2D eigenvalue weighted by molar-refractivity contribution is -0.140. The lowest BCUT2D eigenvalue weighted by atomic mass is 10.1. The minimum Gasteiger partial charge on any atom is -0.465 e. The van der Waals surface area contributed by atoms with Crippen molar-refractivity contribution in [2.45, 2.75) is 6.92 Å². The Morgan fingerprint density at radius 2 is 2.20 bits per heavy atom. The average Bonchev–Trinajstić information content (AvgIpc) is 2.44. The van der Waals surface area contributed by atoms with E-state index in [0.717, 1.165) is 10.9 Å². The molecule has 0 radical (unpaired) electrons. The first-order valence-corrected chi connectivity index (χ1v) is 6.61. The average molecular weight is 289 g/mol. The minimum absolute atomic E-state index is 0.0226. The summed E-state index contributed by atoms with van der Waals surface area (Å²) in [7, 11) is 0. The van der Waals surface area contributed by atoms with Crippen LogP contribution in [0.2, 0.25) is 0 Å². The maximum absolute atomic E-state index is 11.4. The van der Waals surface area contributed by atoms with Gasteiger partial charge in [0.25, 0.3) is 0 Å². The number of carbonyl (C=O) groups is 1. The molecule has 2 aromatic rings. The number of benzene rings is 1. The van der Waals surface area contributed by atoms with Crippen molar-refractivity contribution in [3.63, 3.8) is 0 Å². The van der Waals surface area contributed by atoms with Gasteiger partial charge in [-0.05, 0) is 19.1 Å². The molecule has 0 aliphatic carbocycles. The molecular formula is C14H15N3O2S. The summed E-state index contributed by atoms with van der Waals surface area (Å²) in [5.41, 5.74) is 7.12. The van der Waals surface area contributed by atoms with E-state index in [-0.39, 0.29) is 17.5 Å². The normalized spacial score (nSPS) is 10.2. The highest BCUT2D eigenvalue weighted by Gasteiger charge is 2.10. The second-order valence-electron chi connectivity index (χ2n) is 4.10. The monoisotopic (exact) mass is 289 g/mol. The van der Waals surface area contributed by atoms with Crippen LogP contribution in [0.1, 0.15) is 12.5 Å². The first kappa shape index (κ1) is 14.2. The van der Waals surface area contributed by atoms with Crippen LogP contribution in [0.3, 0.4) is 0 Å². The van der Waals surface area contributed by atoms with Gasteiger partial charge in [-0.1, -0.05) is 30.4 Å². The highest BCUT2D eigenvalue weighted by Crippen LogP contribution is 2.20. The number of nitrogens with zero attached hydrogens (tertiary/aromatic N) is 1. The molecule has 0 fully saturated rings. The first-order valence-electron chi connectivity index (χ1n) is 6.21. The Morgan fingerprint density at radius 1 is 1.45 bits per heavy atom. The number of para-hydroxylation sites is 1. The summed E-state index contributed by atoms with van der Waals surface area (Å²) < 4.78 is 4.86. The Morgan fingerprint density at radius 3 is 2.90 bits per heavy atom. The van der Waals surface area contributed by atoms with Gasteiger partial charge in [-0.2, -0.15) is 0 Å². The molecule has 0 amide bonds. The van der Waals surface area contributed by atoms with Crippen LogP contribution in [-0.4, -0.2) is 29.1 Å². The SMILES string of the molecule is CCOC(=O)CNc1nc2ccccc2cc1C(N)=S. The Hall–Kier alpha value is -2.21. The highest BCUT2D eigenvalue weighted by molar-refractivity contribution is 7.80. The van der Waals surface area contributed by atoms with Crippen molar-refractivity contribution in [2.75, 3.05) is 18.5 Å². The third-order valence-corrected chi connectivity index (χ3v) is 2.91. The number of nitrogens with two attached hydrogens (primary N) is 1. The van der Waals surface area contributed by atoms with Crippen molar-refractivity contribution >= 4 is 39.9 Å². The van der Waals surface area contributed by atoms with Crippen molar-refractivity contribution in [2.24, 2.45) is 5.73 Å². The molecule has 0 saturated carbocycles. The second kappa shape index (κ2) is 6.29. The fourth-order valence-corrected chi connectivity index (χ4v) is 1.96. The van der Waals surface area contributed by atoms with Crippen molar-refractivity contribution in [3.05, 3.63) is 35.9 Å². The second-order valence-corrected chi connectivity index (χ2v) is 4.54. The van der Waals surface area contributed by atoms with E-state index in [2.05, 4.69) is 10.3 Å². The summed E-state index contributed by atoms with van der Waals surface area (Å²) >= 11 is 5.03. The molecule has 6 heteroatoms. The molecule has 2 rings (SSSR count). The number of ether oxygens (including phenoxy) is 1. The molecule has 1 heterocycles. The van der Waals surface area contributed by atoms with Gasteiger partial charge in [-0.25, -0.2) is 4.98 Å². The fourth-order valence-electron chi connectivity index (χ4n) is 1.81. The van der Waals surface area contributed by atoms with E-state index in [0.29, 0.717) is 18.0 Å². The van der Waals surface area contributed by atoms with Gasteiger partial charge in [0.15, 0.2) is 0 Å². The van der Waals surface area contributed by atoms with Gasteiger partial charge in [0.05, 0.1) is 17.7 Å². The van der Waals surface area contributed by atoms with Gasteiger partial charge >= 0.3 is 5.97 Å². The van der Waals surface area contributed by atoms with Gasteiger partial charge < -0.3 is 15.8 Å². The van der Waals surface area contributed by atoms with Crippen molar-refractivity contribution < 1.29 is 9.53 Å². The van der Waals surface area contributed by atoms with Crippen molar-refractivity contribution in [1.82, 2.24) is 4.98 Å². The summed E-state index contributed by atoms with van der Waals surface area (Å²) in [6, 6.07) is 9.48. The van der Waals surface area contributed by atoms with E-state index in [1.165, 1.54) is 0 Å². The van der Waals surface area contributed by atoms with Gasteiger partial charge in [-0.3, -0.25) is 4.79 Å². The van der Waals surface area contributed by atoms with Gasteiger partial charge in [0.2, 0.25) is 0 Å². The number of esters is 1. The Labute approximate surface area is 122 Å². The highest BCUT2D eigenvalue weighted by atomic mass is 32.1. The van der Waals surface area contributed by atoms with Crippen LogP contribution in [0.5, 0.6) is 0 Å². The van der Waals surface area contributed by atoms with Crippen LogP contribution >= 0.6 is 12.2 Å². The maximum Gasteiger partial charge on any atom is 0.325 e. The smallest absolute Gasteiger partial charge is 0.325 e. The number of thiocarbonyl (C=S) groups is 1. The van der Waals surface area contributed by atoms with Crippen LogP contribution in [0.4, 0.5) is 5.82 Å². The summed E-state index contributed by atoms with van der Waals surface area (Å²) in [4.78, 5) is 16.1. The first-order chi connectivity index (χ1) is 9.61. The molecule has 0 aliphatic heterocycles. The molecule has 20 heavy (non-hydrogen) atoms. The van der Waals surface area contributed by atoms with E-state index in [1.807, 2.05) is 30.3 Å². The Bertz CT molecular complexity index is 658. The van der Waals surface area contributed by atoms with Crippen LogP contribution in [-0.2, 0) is 9.53 Å². The van der Waals surface area contributed by atoms with Crippen LogP contribution in [0.25, 0.3) is 10.9 Å². The maximum atomic E-state index is 11.4. The molecule has 0 aliphatic rings. The Balaban J connectivity index is 2.32. The van der Waals surface area contributed by atoms with E-state index in [1.54, 1.807) is 6.92 Å². The predicted octanol–water partition coefficient (Wildman–Crippen LogP) is 1.84. The lowest BCUT2D eigenvalue weighted by Crippen LogP contribution is -2.20. The number of fused-ring (bicyclic) bond motifs is 1. The van der Waals surface area contributed by atoms with Crippen molar-refractivity contribution in [1.29, 1.82) is 0 Å². The van der Waals surface area contributed by atoms with E-state index in [4.69, 9.17) is 22.7 Å². The quantitative estimate of drug-likeness (QED) is 0.646. The predicted molar refractivity (Wildman–Crippen MR) is 82.8 cm³/mol. The van der Waals surface area contributed by atoms with Gasteiger partial charge in [0.1, 0.15) is 17.4 Å². The molecule has 0 saturated heterocycles. The summed E-state index contributed by atoms with van der Waals surface area (Å²) in [5, 5.41) is 3.86. The standard InChI is InChI=1S/C14H15N3O2S/c1-2-19-12(18)8-16-14-10(13(15)20)7-9-5-3-4-6-11(9)17-14/h3-7H,2,8H2,1H3,(H2,15,20)(H,16,17). The fraction of sp³-hybridized carbons (Fsp3) is 0.214. The summed E-state index contributed by atoms with van der Waals surface area (Å²) in [6.07, 6.45) is 0. The molecule has 3 N–H and O–H groups in total. The van der Waals surface area contributed by atoms with E-state index >= 15 is 0 Å². The molecule has 0 unspecified atom stereocenters. The van der Waals surface area contributed by atoms with Crippen LogP contribution < -0.4 is 11.1 Å². The lowest BCUT2D eigenvalue weighted by Gasteiger charge is -2.11. The van der Waals surface area contributed by atoms with Gasteiger partial charge in [-0.15, -0.1) is 0 Å². The third kappa shape index (κ3) is 3.21. The summed E-state index contributed by atoms with van der Waals surface area (Å²) in [6.45, 7) is 2.12. The largest absolute Gasteiger partial charge is 0.465 e. The molecule has 1 aromatic carbocycles. The van der Waals surface area contributed by atoms with Gasteiger partial charge in [0, 0.05) is 5.39 Å². The Kier molecular flexibility index (Phi) is 4.47. The number of pyridine rings is 1. The van der Waals surface area contributed by atoms with E-state index < -0.39 is 0 Å². The topological polar surface area (TPSA) is 77.2 Å². The van der Waals surface area contributed by atoms with E-state index in [9.17, 15) is 4.79 Å². The van der Waals surface area contributed by atoms with Crippen molar-refractivity contribution in [3.8, 4) is 0 Å². The third-order valence-electron chi connectivity index (χ3n) is 2.69. The summed E-state index contributed by atoms with van der Waals surface area (Å²) in [5.74, 6) is 0.139. The zero-order chi connectivity index (χ0) is 14.5. The number of nitrogens with one attached hydrogen (secondary N) is 1. The number of aromatic nitrogens is 1. The molecule has 0 spiro atoms. The zero-order valence-electron chi connectivity index (χ0n) is 11.1. The molecule has 104 valence electrons. The molecule has 0 atom stereocenters. The molecule has 0 bridgehead atoms. The molecule has 1 aromatic heterocycles. The number of anilines is 1.